The van der Waals surface area contributed by atoms with Crippen LogP contribution in [0.3, 0.4) is 0 Å². The molecule has 0 saturated heterocycles. The summed E-state index contributed by atoms with van der Waals surface area (Å²) in [5.74, 6) is 3.61. The molecule has 103 heavy (non-hydrogen) atoms. The molecular formula is C85H132Br2N2O4S6Si2Sn2. The van der Waals surface area contributed by atoms with Crippen molar-refractivity contribution >= 4 is 203 Å². The Hall–Kier alpha value is -0.529. The number of carbonyl (C=O) groups is 4. The first kappa shape index (κ1) is 88.0. The SMILES string of the molecule is CCCCC(CC)C[Si]1(CC(CC)CCCC)c2c[c]([Sn]([CH3])([CH3])[CH3])sc2-c2s[c]([Sn]([CH3])([CH3])[CH3])cc21.CCCCCCCCN1C(=O)c2c(Br)sc(Br)c2C1=O.CCCCCCCCN1C(=O)c2c(C)sc(-c3cc4c(s3)-c3sc(C)cc3[Si]4(CC(CC)CCCC)CC(CC)CCC(C)C)c2C1=O. The number of hydrogen-bond donors (Lipinski definition) is 0. The van der Waals surface area contributed by atoms with Crippen molar-refractivity contribution in [1.29, 1.82) is 0 Å². The maximum absolute atomic E-state index is 14.0. The van der Waals surface area contributed by atoms with Gasteiger partial charge in [0.05, 0.1) is 34.7 Å². The van der Waals surface area contributed by atoms with Crippen molar-refractivity contribution in [2.75, 3.05) is 13.1 Å². The minimum Gasteiger partial charge on any atom is -0.274 e. The Balaban J connectivity index is 0.000000213. The van der Waals surface area contributed by atoms with Gasteiger partial charge in [-0.15, -0.1) is 45.3 Å². The van der Waals surface area contributed by atoms with Crippen LogP contribution in [0.4, 0.5) is 0 Å². The molecule has 4 aliphatic heterocycles. The molecule has 4 aliphatic rings. The molecule has 0 aromatic carbocycles. The summed E-state index contributed by atoms with van der Waals surface area (Å²) in [6.07, 6.45) is 34.0. The van der Waals surface area contributed by atoms with Gasteiger partial charge in [0.2, 0.25) is 0 Å². The first-order chi connectivity index (χ1) is 49.1. The minimum atomic E-state index is -2.12. The monoisotopic (exact) mass is 1890 g/mol. The molecule has 0 N–H and O–H groups in total. The standard InChI is InChI=1S/C41H61NO2S3Si.C24H36S2Si.C14H17Br2NO2S.6CH3.2Sn/c1-9-13-15-16-17-18-22-42-40(43)35-29(8)46-37(36(35)41(42)44)32-24-34-39(47-32)38-33(23-28(7)45-38)48(34,25-30(11-3)19-14-10-2)26-31(12-4)21-20-27(5)6;1-5-9-11-19(7-3)17-27(18-20(8-4)12-10-6-2)21-13-15-25-23(21)24-22(27)14-16-26-24;1-2-3-4-5-6-7-8-17-13(18)9-10(14(17)19)12(16)20-11(9)15;;;;;;;;/h23-24,27,30-31H,9-22,25-26H2,1-8H3;13-14,19-20H,5-12,17-18H2,1-4H3;2-8H2,1H3;6*1H3;;. The van der Waals surface area contributed by atoms with Gasteiger partial charge in [0.1, 0.15) is 8.07 Å². The van der Waals surface area contributed by atoms with E-state index < -0.39 is 52.9 Å². The summed E-state index contributed by atoms with van der Waals surface area (Å²) in [4.78, 5) is 82.3. The Kier molecular flexibility index (Phi) is 34.4. The number of thiophene rings is 6. The molecule has 6 aromatic heterocycles. The van der Waals surface area contributed by atoms with Gasteiger partial charge in [-0.25, -0.2) is 0 Å². The van der Waals surface area contributed by atoms with Crippen LogP contribution in [0.25, 0.3) is 29.3 Å². The third-order valence-corrected chi connectivity index (χ3v) is 62.3. The van der Waals surface area contributed by atoms with Crippen molar-refractivity contribution in [3.05, 3.63) is 63.8 Å². The van der Waals surface area contributed by atoms with E-state index in [1.54, 1.807) is 36.4 Å². The second-order valence-electron chi connectivity index (χ2n) is 33.8. The molecule has 0 spiro atoms. The number of unbranched alkanes of at least 4 members (excludes halogenated alkanes) is 13. The number of hydrogen-bond acceptors (Lipinski definition) is 10. The number of halogens is 2. The second-order valence-corrected chi connectivity index (χ2v) is 82.1. The van der Waals surface area contributed by atoms with Crippen molar-refractivity contribution in [3.63, 3.8) is 0 Å². The molecule has 10 rings (SSSR count). The van der Waals surface area contributed by atoms with E-state index in [-0.39, 0.29) is 23.6 Å². The Morgan fingerprint density at radius 3 is 1.13 bits per heavy atom. The summed E-state index contributed by atoms with van der Waals surface area (Å²) in [6, 6.07) is 16.6. The molecule has 6 nitrogen and oxygen atoms in total. The fourth-order valence-corrected chi connectivity index (χ4v) is 53.3. The van der Waals surface area contributed by atoms with Crippen LogP contribution in [-0.2, 0) is 0 Å². The second kappa shape index (κ2) is 40.3. The number of imide groups is 2. The van der Waals surface area contributed by atoms with Gasteiger partial charge in [-0.2, -0.15) is 0 Å². The van der Waals surface area contributed by atoms with E-state index in [1.807, 2.05) is 45.8 Å². The van der Waals surface area contributed by atoms with Gasteiger partial charge in [0, 0.05) is 37.5 Å². The maximum Gasteiger partial charge on any atom is 0.263 e. The zero-order valence-corrected chi connectivity index (χ0v) is 83.0. The van der Waals surface area contributed by atoms with Crippen LogP contribution < -0.4 is 26.5 Å². The number of nitrogens with zero attached hydrogens (tertiary/aromatic N) is 2. The van der Waals surface area contributed by atoms with Crippen LogP contribution in [0.15, 0.2) is 31.8 Å². The normalized spacial score (nSPS) is 17.0. The molecule has 5 atom stereocenters. The maximum atomic E-state index is 14.0. The number of fused-ring (bicyclic) bond motifs is 8. The molecule has 572 valence electrons. The minimum absolute atomic E-state index is 0.0574. The quantitative estimate of drug-likeness (QED) is 0.0218. The van der Waals surface area contributed by atoms with Crippen molar-refractivity contribution in [3.8, 4) is 29.3 Å². The molecule has 0 aliphatic carbocycles. The van der Waals surface area contributed by atoms with Gasteiger partial charge >= 0.3 is 238 Å². The number of amides is 4. The molecule has 18 heteroatoms. The predicted molar refractivity (Wildman–Crippen MR) is 478 cm³/mol. The first-order valence-electron chi connectivity index (χ1n) is 41.0. The van der Waals surface area contributed by atoms with Crippen molar-refractivity contribution in [2.45, 2.75) is 317 Å². The summed E-state index contributed by atoms with van der Waals surface area (Å²) >= 11 is 14.0. The van der Waals surface area contributed by atoms with Crippen LogP contribution in [0, 0.1) is 43.4 Å². The molecular weight excluding hydrogens is 1760 g/mol. The average molecular weight is 1890 g/mol. The van der Waals surface area contributed by atoms with Gasteiger partial charge in [0.25, 0.3) is 23.6 Å². The van der Waals surface area contributed by atoms with Gasteiger partial charge < -0.3 is 0 Å². The molecule has 0 fully saturated rings. The van der Waals surface area contributed by atoms with Crippen LogP contribution >= 0.6 is 99.9 Å². The van der Waals surface area contributed by atoms with Gasteiger partial charge in [0.15, 0.2) is 0 Å². The van der Waals surface area contributed by atoms with E-state index in [2.05, 4.69) is 192 Å². The van der Waals surface area contributed by atoms with E-state index in [9.17, 15) is 19.2 Å². The van der Waals surface area contributed by atoms with Gasteiger partial charge in [-0.05, 0) is 111 Å². The number of rotatable bonds is 41. The van der Waals surface area contributed by atoms with E-state index >= 15 is 0 Å². The summed E-state index contributed by atoms with van der Waals surface area (Å²) in [5, 5.41) is 7.22. The van der Waals surface area contributed by atoms with Crippen molar-refractivity contribution in [1.82, 2.24) is 9.80 Å². The fraction of sp³-hybridized carbons (Fsp3) is 0.671. The summed E-state index contributed by atoms with van der Waals surface area (Å²) < 4.78 is 5.15. The van der Waals surface area contributed by atoms with E-state index in [1.165, 1.54) is 208 Å². The number of carbonyl (C=O) groups excluding carboxylic acids is 4. The first-order valence-corrected chi connectivity index (χ1v) is 72.3. The third kappa shape index (κ3) is 20.7. The fourth-order valence-electron chi connectivity index (χ4n) is 17.0. The molecule has 4 amide bonds. The van der Waals surface area contributed by atoms with Gasteiger partial charge in [-0.3, -0.25) is 29.0 Å². The zero-order valence-electron chi connectivity index (χ0n) is 67.3. The Bertz CT molecular complexity index is 3670. The van der Waals surface area contributed by atoms with Crippen LogP contribution in [0.1, 0.15) is 301 Å². The molecule has 5 unspecified atom stereocenters. The molecule has 0 saturated carbocycles. The van der Waals surface area contributed by atoms with Crippen LogP contribution in [0.5, 0.6) is 0 Å². The zero-order chi connectivity index (χ0) is 75.3. The largest absolute Gasteiger partial charge is 0.274 e. The average Bonchev–Trinajstić information content (AvgIpc) is 1.55. The van der Waals surface area contributed by atoms with E-state index in [0.717, 1.165) is 72.6 Å². The van der Waals surface area contributed by atoms with Crippen LogP contribution in [-0.4, -0.2) is 99.4 Å². The van der Waals surface area contributed by atoms with E-state index in [4.69, 9.17) is 0 Å². The van der Waals surface area contributed by atoms with Gasteiger partial charge in [-0.1, -0.05) is 158 Å². The third-order valence-electron chi connectivity index (χ3n) is 23.3. The molecule has 0 bridgehead atoms. The number of aryl methyl sites for hydroxylation is 2. The van der Waals surface area contributed by atoms with Crippen molar-refractivity contribution < 1.29 is 19.2 Å². The topological polar surface area (TPSA) is 74.8 Å². The van der Waals surface area contributed by atoms with Crippen molar-refractivity contribution in [2.24, 2.45) is 29.6 Å². The predicted octanol–water partition coefficient (Wildman–Crippen LogP) is 26.4. The summed E-state index contributed by atoms with van der Waals surface area (Å²) in [6.45, 7) is 31.5. The summed E-state index contributed by atoms with van der Waals surface area (Å²) in [7, 11) is -3.86. The Labute approximate surface area is 677 Å². The molecule has 10 heterocycles. The molecule has 0 radical (unpaired) electrons. The van der Waals surface area contributed by atoms with Crippen LogP contribution in [0.2, 0.25) is 53.8 Å². The summed E-state index contributed by atoms with van der Waals surface area (Å²) in [5.41, 5.74) is 2.43. The molecule has 6 aromatic rings. The Morgan fingerprint density at radius 2 is 0.728 bits per heavy atom. The Morgan fingerprint density at radius 1 is 0.379 bits per heavy atom. The smallest absolute Gasteiger partial charge is 0.263 e. The van der Waals surface area contributed by atoms with E-state index in [0.29, 0.717) is 35.3 Å².